The van der Waals surface area contributed by atoms with Gasteiger partial charge in [0.1, 0.15) is 6.61 Å². The average Bonchev–Trinajstić information content (AvgIpc) is 3.12. The minimum Gasteiger partial charge on any atom is -0.490 e. The van der Waals surface area contributed by atoms with Gasteiger partial charge < -0.3 is 9.47 Å². The fraction of sp³-hybridized carbons (Fsp3) is 0.154. The SMILES string of the molecule is CCOc1cc(/C=C2\SC(=O)N(Cc3ccc(Cl)cc3Cl)C2=O)ccc1OCc1ccccc1[N+](=O)[O-]. The number of imide groups is 1. The van der Waals surface area contributed by atoms with Gasteiger partial charge in [-0.3, -0.25) is 24.6 Å². The van der Waals surface area contributed by atoms with E-state index in [2.05, 4.69) is 0 Å². The van der Waals surface area contributed by atoms with Crippen LogP contribution in [0.2, 0.25) is 10.0 Å². The number of carbonyl (C=O) groups excluding carboxylic acids is 2. The van der Waals surface area contributed by atoms with Crippen molar-refractivity contribution in [3.8, 4) is 11.5 Å². The van der Waals surface area contributed by atoms with Crippen LogP contribution >= 0.6 is 35.0 Å². The second-order valence-corrected chi connectivity index (χ2v) is 9.65. The molecule has 1 saturated heterocycles. The second-order valence-electron chi connectivity index (χ2n) is 7.82. The second kappa shape index (κ2) is 11.7. The Bertz CT molecular complexity index is 1410. The molecule has 1 aliphatic heterocycles. The molecular formula is C26H20Cl2N2O6S. The monoisotopic (exact) mass is 558 g/mol. The molecule has 0 saturated carbocycles. The van der Waals surface area contributed by atoms with Crippen LogP contribution < -0.4 is 9.47 Å². The molecular weight excluding hydrogens is 539 g/mol. The van der Waals surface area contributed by atoms with Crippen LogP contribution in [0.4, 0.5) is 10.5 Å². The highest BCUT2D eigenvalue weighted by atomic mass is 35.5. The Morgan fingerprint density at radius 2 is 1.78 bits per heavy atom. The van der Waals surface area contributed by atoms with Gasteiger partial charge in [-0.1, -0.05) is 47.5 Å². The molecule has 3 aromatic carbocycles. The van der Waals surface area contributed by atoms with Gasteiger partial charge in [0.2, 0.25) is 0 Å². The van der Waals surface area contributed by atoms with Crippen molar-refractivity contribution in [2.45, 2.75) is 20.1 Å². The first-order valence-electron chi connectivity index (χ1n) is 11.1. The van der Waals surface area contributed by atoms with Crippen LogP contribution in [0.3, 0.4) is 0 Å². The number of halogens is 2. The Kier molecular flexibility index (Phi) is 8.38. The third-order valence-electron chi connectivity index (χ3n) is 5.35. The number of rotatable bonds is 9. The number of thioether (sulfide) groups is 1. The van der Waals surface area contributed by atoms with E-state index in [9.17, 15) is 19.7 Å². The summed E-state index contributed by atoms with van der Waals surface area (Å²) < 4.78 is 11.5. The van der Waals surface area contributed by atoms with Crippen molar-refractivity contribution >= 4 is 57.9 Å². The maximum Gasteiger partial charge on any atom is 0.293 e. The highest BCUT2D eigenvalue weighted by Gasteiger charge is 2.35. The molecule has 1 heterocycles. The normalized spacial score (nSPS) is 14.4. The predicted molar refractivity (Wildman–Crippen MR) is 143 cm³/mol. The molecule has 0 spiro atoms. The van der Waals surface area contributed by atoms with E-state index in [-0.39, 0.29) is 23.7 Å². The maximum atomic E-state index is 13.0. The zero-order valence-electron chi connectivity index (χ0n) is 19.5. The van der Waals surface area contributed by atoms with E-state index in [0.29, 0.717) is 44.8 Å². The fourth-order valence-corrected chi connectivity index (χ4v) is 4.88. The zero-order valence-corrected chi connectivity index (χ0v) is 21.8. The van der Waals surface area contributed by atoms with Crippen LogP contribution in [-0.2, 0) is 17.9 Å². The van der Waals surface area contributed by atoms with E-state index < -0.39 is 16.1 Å². The number of benzene rings is 3. The number of nitrogens with zero attached hydrogens (tertiary/aromatic N) is 2. The van der Waals surface area contributed by atoms with E-state index >= 15 is 0 Å². The fourth-order valence-electron chi connectivity index (χ4n) is 3.58. The molecule has 0 unspecified atom stereocenters. The lowest BCUT2D eigenvalue weighted by atomic mass is 10.1. The number of amides is 2. The number of nitro benzene ring substituents is 1. The quantitative estimate of drug-likeness (QED) is 0.156. The van der Waals surface area contributed by atoms with E-state index in [1.165, 1.54) is 6.07 Å². The molecule has 0 N–H and O–H groups in total. The first-order valence-corrected chi connectivity index (χ1v) is 12.6. The highest BCUT2D eigenvalue weighted by Crippen LogP contribution is 2.36. The van der Waals surface area contributed by atoms with Crippen LogP contribution in [-0.4, -0.2) is 27.6 Å². The minimum atomic E-state index is -0.459. The summed E-state index contributed by atoms with van der Waals surface area (Å²) in [5.74, 6) is 0.361. The molecule has 1 aliphatic rings. The van der Waals surface area contributed by atoms with Crippen molar-refractivity contribution in [3.05, 3.63) is 102 Å². The summed E-state index contributed by atoms with van der Waals surface area (Å²) in [6.45, 7) is 2.17. The molecule has 8 nitrogen and oxygen atoms in total. The molecule has 0 aromatic heterocycles. The van der Waals surface area contributed by atoms with Crippen LogP contribution in [0.15, 0.2) is 65.6 Å². The number of hydrogen-bond acceptors (Lipinski definition) is 7. The molecule has 3 aromatic rings. The Hall–Kier alpha value is -3.53. The predicted octanol–water partition coefficient (Wildman–Crippen LogP) is 7.12. The Morgan fingerprint density at radius 3 is 2.51 bits per heavy atom. The Morgan fingerprint density at radius 1 is 1.00 bits per heavy atom. The molecule has 0 bridgehead atoms. The lowest BCUT2D eigenvalue weighted by molar-refractivity contribution is -0.385. The van der Waals surface area contributed by atoms with Crippen LogP contribution in [0.25, 0.3) is 6.08 Å². The zero-order chi connectivity index (χ0) is 26.5. The number of hydrogen-bond donors (Lipinski definition) is 0. The number of ether oxygens (including phenoxy) is 2. The molecule has 1 fully saturated rings. The van der Waals surface area contributed by atoms with Crippen LogP contribution in [0.5, 0.6) is 11.5 Å². The van der Waals surface area contributed by atoms with Gasteiger partial charge in [-0.05, 0) is 66.2 Å². The van der Waals surface area contributed by atoms with Crippen molar-refractivity contribution < 1.29 is 24.0 Å². The van der Waals surface area contributed by atoms with Gasteiger partial charge in [0.05, 0.1) is 28.5 Å². The molecule has 37 heavy (non-hydrogen) atoms. The van der Waals surface area contributed by atoms with Crippen molar-refractivity contribution in [3.63, 3.8) is 0 Å². The standard InChI is InChI=1S/C26H20Cl2N2O6S/c1-2-35-23-11-16(7-10-22(23)36-15-18-5-3-4-6-21(18)30(33)34)12-24-25(31)29(26(32)37-24)14-17-8-9-19(27)13-20(17)28/h3-13H,2,14-15H2,1H3/b24-12-. The summed E-state index contributed by atoms with van der Waals surface area (Å²) in [4.78, 5) is 37.7. The molecule has 0 atom stereocenters. The van der Waals surface area contributed by atoms with Crippen LogP contribution in [0, 0.1) is 10.1 Å². The third kappa shape index (κ3) is 6.25. The Labute approximate surface area is 226 Å². The van der Waals surface area contributed by atoms with Crippen molar-refractivity contribution in [2.75, 3.05) is 6.61 Å². The van der Waals surface area contributed by atoms with Gasteiger partial charge in [0.25, 0.3) is 16.8 Å². The van der Waals surface area contributed by atoms with E-state index in [0.717, 1.165) is 16.7 Å². The number of carbonyl (C=O) groups is 2. The first kappa shape index (κ1) is 26.5. The molecule has 11 heteroatoms. The van der Waals surface area contributed by atoms with Gasteiger partial charge in [-0.2, -0.15) is 0 Å². The summed E-state index contributed by atoms with van der Waals surface area (Å²) in [6, 6.07) is 16.3. The molecule has 0 aliphatic carbocycles. The average molecular weight is 559 g/mol. The minimum absolute atomic E-state index is 0.0251. The summed E-state index contributed by atoms with van der Waals surface area (Å²) in [7, 11) is 0. The van der Waals surface area contributed by atoms with Crippen molar-refractivity contribution in [1.29, 1.82) is 0 Å². The van der Waals surface area contributed by atoms with Gasteiger partial charge >= 0.3 is 0 Å². The summed E-state index contributed by atoms with van der Waals surface area (Å²) in [6.07, 6.45) is 1.60. The number of nitro groups is 1. The van der Waals surface area contributed by atoms with Gasteiger partial charge in [0, 0.05) is 16.1 Å². The smallest absolute Gasteiger partial charge is 0.293 e. The summed E-state index contributed by atoms with van der Waals surface area (Å²) in [5, 5.41) is 11.7. The lowest BCUT2D eigenvalue weighted by Gasteiger charge is -2.14. The summed E-state index contributed by atoms with van der Waals surface area (Å²) >= 11 is 13.0. The van der Waals surface area contributed by atoms with Crippen molar-refractivity contribution in [1.82, 2.24) is 4.90 Å². The van der Waals surface area contributed by atoms with E-state index in [1.807, 2.05) is 6.92 Å². The topological polar surface area (TPSA) is 99.0 Å². The molecule has 0 radical (unpaired) electrons. The van der Waals surface area contributed by atoms with Crippen LogP contribution in [0.1, 0.15) is 23.6 Å². The maximum absolute atomic E-state index is 13.0. The third-order valence-corrected chi connectivity index (χ3v) is 6.85. The van der Waals surface area contributed by atoms with Gasteiger partial charge in [-0.25, -0.2) is 0 Å². The molecule has 4 rings (SSSR count). The van der Waals surface area contributed by atoms with Gasteiger partial charge in [0.15, 0.2) is 11.5 Å². The molecule has 2 amide bonds. The summed E-state index contributed by atoms with van der Waals surface area (Å²) in [5.41, 5.74) is 1.62. The molecule has 190 valence electrons. The largest absolute Gasteiger partial charge is 0.490 e. The van der Waals surface area contributed by atoms with Gasteiger partial charge in [-0.15, -0.1) is 0 Å². The lowest BCUT2D eigenvalue weighted by Crippen LogP contribution is -2.27. The van der Waals surface area contributed by atoms with Crippen molar-refractivity contribution in [2.24, 2.45) is 0 Å². The highest BCUT2D eigenvalue weighted by molar-refractivity contribution is 8.18. The van der Waals surface area contributed by atoms with E-state index in [1.54, 1.807) is 60.7 Å². The Balaban J connectivity index is 1.52. The first-order chi connectivity index (χ1) is 17.8. The number of para-hydroxylation sites is 1. The van der Waals surface area contributed by atoms with E-state index in [4.69, 9.17) is 32.7 Å².